The maximum Gasteiger partial charge on any atom is 0.234 e. The standard InChI is InChI=1S/C17H25N3O2/c1-13(14-6-4-3-5-7-14)10-18-16(21)11-20(2)12-17(22)19-15-8-9-15/h3-7,13,15H,8-12H2,1-2H3,(H,18,21)(H,19,22)/t13-/m1/s1. The lowest BCUT2D eigenvalue weighted by Gasteiger charge is -2.17. The van der Waals surface area contributed by atoms with Gasteiger partial charge in [0, 0.05) is 12.6 Å². The molecule has 0 bridgehead atoms. The Morgan fingerprint density at radius 2 is 1.82 bits per heavy atom. The number of carbonyl (C=O) groups is 2. The average Bonchev–Trinajstić information content (AvgIpc) is 3.29. The van der Waals surface area contributed by atoms with Crippen LogP contribution in [0.5, 0.6) is 0 Å². The SMILES string of the molecule is C[C@H](CNC(=O)CN(C)CC(=O)NC1CC1)c1ccccc1. The summed E-state index contributed by atoms with van der Waals surface area (Å²) in [7, 11) is 1.78. The van der Waals surface area contributed by atoms with Crippen LogP contribution in [0.2, 0.25) is 0 Å². The third-order valence-electron chi connectivity index (χ3n) is 3.74. The first-order valence-electron chi connectivity index (χ1n) is 7.84. The van der Waals surface area contributed by atoms with Crippen LogP contribution < -0.4 is 10.6 Å². The van der Waals surface area contributed by atoms with Gasteiger partial charge in [-0.3, -0.25) is 14.5 Å². The zero-order valence-electron chi connectivity index (χ0n) is 13.3. The molecule has 0 aromatic heterocycles. The molecule has 120 valence electrons. The van der Waals surface area contributed by atoms with Crippen LogP contribution in [0.4, 0.5) is 0 Å². The predicted octanol–water partition coefficient (Wildman–Crippen LogP) is 1.12. The van der Waals surface area contributed by atoms with Gasteiger partial charge in [-0.25, -0.2) is 0 Å². The van der Waals surface area contributed by atoms with Crippen LogP contribution in [-0.2, 0) is 9.59 Å². The highest BCUT2D eigenvalue weighted by Crippen LogP contribution is 2.18. The van der Waals surface area contributed by atoms with E-state index in [0.29, 0.717) is 12.6 Å². The van der Waals surface area contributed by atoms with E-state index < -0.39 is 0 Å². The Balaban J connectivity index is 1.65. The molecule has 0 radical (unpaired) electrons. The fourth-order valence-corrected chi connectivity index (χ4v) is 2.27. The molecule has 2 N–H and O–H groups in total. The summed E-state index contributed by atoms with van der Waals surface area (Å²) in [4.78, 5) is 25.3. The van der Waals surface area contributed by atoms with Crippen molar-refractivity contribution in [3.8, 4) is 0 Å². The third kappa shape index (κ3) is 5.85. The summed E-state index contributed by atoms with van der Waals surface area (Å²) in [6, 6.07) is 10.5. The van der Waals surface area contributed by atoms with E-state index in [4.69, 9.17) is 0 Å². The van der Waals surface area contributed by atoms with Crippen molar-refractivity contribution in [3.63, 3.8) is 0 Å². The van der Waals surface area contributed by atoms with Gasteiger partial charge in [0.1, 0.15) is 0 Å². The lowest BCUT2D eigenvalue weighted by atomic mass is 10.0. The number of hydrogen-bond acceptors (Lipinski definition) is 3. The van der Waals surface area contributed by atoms with Crippen molar-refractivity contribution in [2.75, 3.05) is 26.7 Å². The molecular weight excluding hydrogens is 278 g/mol. The summed E-state index contributed by atoms with van der Waals surface area (Å²) in [6.45, 7) is 3.19. The molecule has 0 aliphatic heterocycles. The lowest BCUT2D eigenvalue weighted by molar-refractivity contribution is -0.124. The van der Waals surface area contributed by atoms with E-state index >= 15 is 0 Å². The Bertz CT molecular complexity index is 500. The molecule has 0 saturated heterocycles. The Hall–Kier alpha value is -1.88. The minimum atomic E-state index is -0.0514. The van der Waals surface area contributed by atoms with Crippen LogP contribution in [0.15, 0.2) is 30.3 Å². The molecule has 1 aliphatic rings. The Morgan fingerprint density at radius 3 is 2.45 bits per heavy atom. The first kappa shape index (κ1) is 16.5. The van der Waals surface area contributed by atoms with E-state index in [9.17, 15) is 9.59 Å². The molecule has 0 spiro atoms. The molecule has 5 heteroatoms. The summed E-state index contributed by atoms with van der Waals surface area (Å²) >= 11 is 0. The number of nitrogens with zero attached hydrogens (tertiary/aromatic N) is 1. The highest BCUT2D eigenvalue weighted by atomic mass is 16.2. The fourth-order valence-electron chi connectivity index (χ4n) is 2.27. The van der Waals surface area contributed by atoms with Crippen LogP contribution in [-0.4, -0.2) is 49.4 Å². The van der Waals surface area contributed by atoms with Crippen LogP contribution >= 0.6 is 0 Å². The second-order valence-corrected chi connectivity index (χ2v) is 6.13. The predicted molar refractivity (Wildman–Crippen MR) is 86.5 cm³/mol. The van der Waals surface area contributed by atoms with Gasteiger partial charge in [0.05, 0.1) is 13.1 Å². The van der Waals surface area contributed by atoms with Crippen LogP contribution in [0.1, 0.15) is 31.2 Å². The second-order valence-electron chi connectivity index (χ2n) is 6.13. The summed E-state index contributed by atoms with van der Waals surface area (Å²) in [5, 5.41) is 5.84. The third-order valence-corrected chi connectivity index (χ3v) is 3.74. The molecule has 2 rings (SSSR count). The minimum Gasteiger partial charge on any atom is -0.354 e. The molecular formula is C17H25N3O2. The van der Waals surface area contributed by atoms with Crippen LogP contribution in [0.25, 0.3) is 0 Å². The average molecular weight is 303 g/mol. The highest BCUT2D eigenvalue weighted by Gasteiger charge is 2.23. The van der Waals surface area contributed by atoms with E-state index in [2.05, 4.69) is 29.7 Å². The van der Waals surface area contributed by atoms with Gasteiger partial charge in [-0.15, -0.1) is 0 Å². The quantitative estimate of drug-likeness (QED) is 0.756. The van der Waals surface area contributed by atoms with Crippen LogP contribution in [0, 0.1) is 0 Å². The van der Waals surface area contributed by atoms with E-state index in [1.807, 2.05) is 18.2 Å². The molecule has 1 fully saturated rings. The number of rotatable bonds is 8. The van der Waals surface area contributed by atoms with Gasteiger partial charge in [-0.2, -0.15) is 0 Å². The minimum absolute atomic E-state index is 0.00421. The van der Waals surface area contributed by atoms with Gasteiger partial charge in [0.25, 0.3) is 0 Å². The molecule has 1 atom stereocenters. The summed E-state index contributed by atoms with van der Waals surface area (Å²) in [5.74, 6) is 0.216. The Kier molecular flexibility index (Phi) is 5.95. The van der Waals surface area contributed by atoms with Crippen molar-refractivity contribution in [1.29, 1.82) is 0 Å². The fraction of sp³-hybridized carbons (Fsp3) is 0.529. The Morgan fingerprint density at radius 1 is 1.18 bits per heavy atom. The molecule has 0 unspecified atom stereocenters. The van der Waals surface area contributed by atoms with Crippen molar-refractivity contribution in [1.82, 2.24) is 15.5 Å². The zero-order valence-corrected chi connectivity index (χ0v) is 13.3. The van der Waals surface area contributed by atoms with E-state index in [0.717, 1.165) is 12.8 Å². The largest absolute Gasteiger partial charge is 0.354 e. The van der Waals surface area contributed by atoms with Gasteiger partial charge >= 0.3 is 0 Å². The topological polar surface area (TPSA) is 61.4 Å². The summed E-state index contributed by atoms with van der Waals surface area (Å²) in [6.07, 6.45) is 2.15. The van der Waals surface area contributed by atoms with Crippen molar-refractivity contribution in [2.24, 2.45) is 0 Å². The molecule has 22 heavy (non-hydrogen) atoms. The van der Waals surface area contributed by atoms with E-state index in [1.165, 1.54) is 5.56 Å². The summed E-state index contributed by atoms with van der Waals surface area (Å²) in [5.41, 5.74) is 1.21. The second kappa shape index (κ2) is 7.94. The molecule has 2 amide bonds. The number of benzene rings is 1. The number of likely N-dealkylation sites (N-methyl/N-ethyl adjacent to an activating group) is 1. The van der Waals surface area contributed by atoms with Crippen molar-refractivity contribution < 1.29 is 9.59 Å². The van der Waals surface area contributed by atoms with Crippen LogP contribution in [0.3, 0.4) is 0 Å². The zero-order chi connectivity index (χ0) is 15.9. The number of carbonyl (C=O) groups excluding carboxylic acids is 2. The number of hydrogen-bond donors (Lipinski definition) is 2. The highest BCUT2D eigenvalue weighted by molar-refractivity contribution is 5.81. The molecule has 0 heterocycles. The lowest BCUT2D eigenvalue weighted by Crippen LogP contribution is -2.42. The van der Waals surface area contributed by atoms with Crippen molar-refractivity contribution >= 4 is 11.8 Å². The normalized spacial score (nSPS) is 15.4. The van der Waals surface area contributed by atoms with Gasteiger partial charge in [0.15, 0.2) is 0 Å². The van der Waals surface area contributed by atoms with E-state index in [1.54, 1.807) is 11.9 Å². The van der Waals surface area contributed by atoms with Crippen molar-refractivity contribution in [2.45, 2.75) is 31.7 Å². The molecule has 5 nitrogen and oxygen atoms in total. The molecule has 1 aliphatic carbocycles. The van der Waals surface area contributed by atoms with Gasteiger partial charge in [-0.1, -0.05) is 37.3 Å². The first-order valence-corrected chi connectivity index (χ1v) is 7.84. The van der Waals surface area contributed by atoms with E-state index in [-0.39, 0.29) is 30.8 Å². The summed E-state index contributed by atoms with van der Waals surface area (Å²) < 4.78 is 0. The smallest absolute Gasteiger partial charge is 0.234 e. The van der Waals surface area contributed by atoms with Gasteiger partial charge in [-0.05, 0) is 31.4 Å². The monoisotopic (exact) mass is 303 g/mol. The number of nitrogens with one attached hydrogen (secondary N) is 2. The maximum atomic E-state index is 11.9. The first-order chi connectivity index (χ1) is 10.5. The maximum absolute atomic E-state index is 11.9. The number of amides is 2. The molecule has 1 aromatic rings. The molecule has 1 saturated carbocycles. The Labute approximate surface area is 132 Å². The van der Waals surface area contributed by atoms with Gasteiger partial charge in [0.2, 0.25) is 11.8 Å². The van der Waals surface area contributed by atoms with Gasteiger partial charge < -0.3 is 10.6 Å². The molecule has 1 aromatic carbocycles. The van der Waals surface area contributed by atoms with Crippen molar-refractivity contribution in [3.05, 3.63) is 35.9 Å².